The van der Waals surface area contributed by atoms with E-state index in [0.717, 1.165) is 36.9 Å². The molecule has 2 unspecified atom stereocenters. The molecule has 0 aromatic heterocycles. The first-order valence-electron chi connectivity index (χ1n) is 10.5. The number of carbonyl (C=O) groups excluding carboxylic acids is 1. The summed E-state index contributed by atoms with van der Waals surface area (Å²) in [6, 6.07) is 20.2. The molecule has 0 aliphatic heterocycles. The number of benzene rings is 2. The van der Waals surface area contributed by atoms with Gasteiger partial charge in [0, 0.05) is 11.4 Å². The van der Waals surface area contributed by atoms with Crippen LogP contribution in [0.3, 0.4) is 0 Å². The van der Waals surface area contributed by atoms with Gasteiger partial charge in [-0.25, -0.2) is 0 Å². The van der Waals surface area contributed by atoms with Gasteiger partial charge in [0.15, 0.2) is 0 Å². The second-order valence-corrected chi connectivity index (χ2v) is 8.54. The van der Waals surface area contributed by atoms with E-state index >= 15 is 0 Å². The highest BCUT2D eigenvalue weighted by atomic mass is 32.1. The van der Waals surface area contributed by atoms with Gasteiger partial charge >= 0.3 is 0 Å². The number of amides is 1. The molecule has 29 heavy (non-hydrogen) atoms. The molecular weight excluding hydrogens is 378 g/mol. The zero-order valence-corrected chi connectivity index (χ0v) is 18.7. The number of hydrogen-bond acceptors (Lipinski definition) is 4. The molecule has 2 aromatic carbocycles. The number of thiol groups is 1. The second kappa shape index (κ2) is 12.7. The maximum atomic E-state index is 13.2. The molecule has 0 saturated carbocycles. The average Bonchev–Trinajstić information content (AvgIpc) is 2.71. The Morgan fingerprint density at radius 3 is 1.93 bits per heavy atom. The van der Waals surface area contributed by atoms with Gasteiger partial charge in [-0.1, -0.05) is 80.9 Å². The Morgan fingerprint density at radius 2 is 1.45 bits per heavy atom. The lowest BCUT2D eigenvalue weighted by molar-refractivity contribution is -0.124. The second-order valence-electron chi connectivity index (χ2n) is 7.76. The number of rotatable bonds is 12. The Kier molecular flexibility index (Phi) is 10.3. The zero-order valence-electron chi connectivity index (χ0n) is 17.8. The molecule has 3 N–H and O–H groups in total. The van der Waals surface area contributed by atoms with Crippen molar-refractivity contribution in [3.05, 3.63) is 71.8 Å². The van der Waals surface area contributed by atoms with Crippen LogP contribution in [0.2, 0.25) is 0 Å². The smallest absolute Gasteiger partial charge is 0.237 e. The van der Waals surface area contributed by atoms with Crippen LogP contribution in [0.1, 0.15) is 57.2 Å². The van der Waals surface area contributed by atoms with E-state index in [9.17, 15) is 4.79 Å². The van der Waals surface area contributed by atoms with Crippen LogP contribution in [-0.2, 0) is 4.79 Å². The van der Waals surface area contributed by atoms with E-state index in [-0.39, 0.29) is 29.4 Å². The lowest BCUT2D eigenvalue weighted by Gasteiger charge is -2.25. The van der Waals surface area contributed by atoms with E-state index in [2.05, 4.69) is 66.7 Å². The lowest BCUT2D eigenvalue weighted by Crippen LogP contribution is -2.48. The molecule has 2 rings (SSSR count). The monoisotopic (exact) mass is 413 g/mol. The molecule has 0 aliphatic rings. The maximum Gasteiger partial charge on any atom is 0.237 e. The quantitative estimate of drug-likeness (QED) is 0.238. The van der Waals surface area contributed by atoms with E-state index in [4.69, 9.17) is 0 Å². The summed E-state index contributed by atoms with van der Waals surface area (Å²) in [5.41, 5.74) is 2.17. The summed E-state index contributed by atoms with van der Waals surface area (Å²) < 4.78 is 0. The van der Waals surface area contributed by atoms with Crippen molar-refractivity contribution in [2.24, 2.45) is 0 Å². The number of unbranched alkanes of at least 4 members (excludes halogenated alkanes) is 1. The summed E-state index contributed by atoms with van der Waals surface area (Å²) in [7, 11) is 0. The third-order valence-corrected chi connectivity index (χ3v) is 4.95. The third-order valence-electron chi connectivity index (χ3n) is 4.76. The van der Waals surface area contributed by atoms with E-state index < -0.39 is 0 Å². The highest BCUT2D eigenvalue weighted by Crippen LogP contribution is 2.22. The molecule has 0 bridgehead atoms. The fourth-order valence-corrected chi connectivity index (χ4v) is 3.50. The van der Waals surface area contributed by atoms with Crippen LogP contribution >= 0.6 is 12.6 Å². The van der Waals surface area contributed by atoms with Gasteiger partial charge < -0.3 is 16.0 Å². The predicted molar refractivity (Wildman–Crippen MR) is 125 cm³/mol. The third kappa shape index (κ3) is 8.60. The fourth-order valence-electron chi connectivity index (χ4n) is 3.37. The van der Waals surface area contributed by atoms with Crippen molar-refractivity contribution in [1.29, 1.82) is 0 Å². The van der Waals surface area contributed by atoms with Gasteiger partial charge in [-0.15, -0.1) is 0 Å². The van der Waals surface area contributed by atoms with E-state index in [1.807, 2.05) is 43.3 Å². The Hall–Kier alpha value is -1.82. The summed E-state index contributed by atoms with van der Waals surface area (Å²) in [4.78, 5) is 13.2. The molecule has 0 radical (unpaired) electrons. The largest absolute Gasteiger partial charge is 0.344 e. The average molecular weight is 414 g/mol. The van der Waals surface area contributed by atoms with Gasteiger partial charge in [-0.2, -0.15) is 12.6 Å². The summed E-state index contributed by atoms with van der Waals surface area (Å²) >= 11 is 4.34. The Bertz CT molecular complexity index is 667. The number of nitrogens with one attached hydrogen (secondary N) is 3. The van der Waals surface area contributed by atoms with Crippen LogP contribution in [0.5, 0.6) is 0 Å². The van der Waals surface area contributed by atoms with Crippen molar-refractivity contribution >= 4 is 18.5 Å². The van der Waals surface area contributed by atoms with E-state index in [0.29, 0.717) is 0 Å². The minimum absolute atomic E-state index is 0.0481. The van der Waals surface area contributed by atoms with Crippen LogP contribution in [0, 0.1) is 0 Å². The summed E-state index contributed by atoms with van der Waals surface area (Å²) in [5, 5.41) is 10.2. The van der Waals surface area contributed by atoms with Crippen LogP contribution < -0.4 is 16.0 Å². The van der Waals surface area contributed by atoms with Crippen molar-refractivity contribution in [3.8, 4) is 0 Å². The Morgan fingerprint density at radius 1 is 0.897 bits per heavy atom. The molecule has 0 saturated heterocycles. The molecule has 158 valence electrons. The van der Waals surface area contributed by atoms with Crippen molar-refractivity contribution in [2.75, 3.05) is 6.54 Å². The minimum atomic E-state index is -0.210. The lowest BCUT2D eigenvalue weighted by atomic mass is 9.97. The molecule has 4 nitrogen and oxygen atoms in total. The highest BCUT2D eigenvalue weighted by Gasteiger charge is 2.23. The normalized spacial score (nSPS) is 13.4. The van der Waals surface area contributed by atoms with Crippen molar-refractivity contribution in [3.63, 3.8) is 0 Å². The molecule has 2 aromatic rings. The van der Waals surface area contributed by atoms with Gasteiger partial charge in [0.25, 0.3) is 0 Å². The van der Waals surface area contributed by atoms with E-state index in [1.165, 1.54) is 0 Å². The zero-order chi connectivity index (χ0) is 21.1. The van der Waals surface area contributed by atoms with Crippen LogP contribution in [-0.4, -0.2) is 29.9 Å². The first-order valence-corrected chi connectivity index (χ1v) is 11.1. The van der Waals surface area contributed by atoms with Gasteiger partial charge in [0.2, 0.25) is 5.91 Å². The minimum Gasteiger partial charge on any atom is -0.344 e. The Labute approximate surface area is 181 Å². The first-order chi connectivity index (χ1) is 14.0. The summed E-state index contributed by atoms with van der Waals surface area (Å²) in [6.45, 7) is 7.09. The van der Waals surface area contributed by atoms with Crippen molar-refractivity contribution < 1.29 is 4.79 Å². The SMILES string of the molecule is CC(C)NC(CCCCNC(C)S)C(=O)NC(c1ccccc1)c1ccccc1. The Balaban J connectivity index is 2.07. The predicted octanol–water partition coefficient (Wildman–Crippen LogP) is 4.29. The fraction of sp³-hybridized carbons (Fsp3) is 0.458. The summed E-state index contributed by atoms with van der Waals surface area (Å²) in [5.74, 6) is 0.0481. The van der Waals surface area contributed by atoms with Crippen molar-refractivity contribution in [2.45, 2.75) is 63.5 Å². The van der Waals surface area contributed by atoms with Crippen LogP contribution in [0.4, 0.5) is 0 Å². The molecule has 0 aliphatic carbocycles. The molecule has 0 heterocycles. The van der Waals surface area contributed by atoms with Crippen LogP contribution in [0.15, 0.2) is 60.7 Å². The van der Waals surface area contributed by atoms with Gasteiger partial charge in [-0.3, -0.25) is 4.79 Å². The van der Waals surface area contributed by atoms with Crippen molar-refractivity contribution in [1.82, 2.24) is 16.0 Å². The topological polar surface area (TPSA) is 53.2 Å². The molecule has 2 atom stereocenters. The summed E-state index contributed by atoms with van der Waals surface area (Å²) in [6.07, 6.45) is 2.81. The number of hydrogen-bond donors (Lipinski definition) is 4. The van der Waals surface area contributed by atoms with Gasteiger partial charge in [0.1, 0.15) is 0 Å². The molecule has 0 spiro atoms. The van der Waals surface area contributed by atoms with Gasteiger partial charge in [-0.05, 0) is 37.4 Å². The highest BCUT2D eigenvalue weighted by molar-refractivity contribution is 7.80. The molecule has 5 heteroatoms. The van der Waals surface area contributed by atoms with E-state index in [1.54, 1.807) is 0 Å². The number of carbonyl (C=O) groups is 1. The maximum absolute atomic E-state index is 13.2. The molecule has 1 amide bonds. The van der Waals surface area contributed by atoms with Crippen LogP contribution in [0.25, 0.3) is 0 Å². The molecule has 0 fully saturated rings. The molecular formula is C24H35N3OS. The van der Waals surface area contributed by atoms with Gasteiger partial charge in [0.05, 0.1) is 12.1 Å². The standard InChI is InChI=1S/C24H35N3OS/c1-18(2)26-22(16-10-11-17-25-19(3)29)24(28)27-23(20-12-6-4-7-13-20)21-14-8-5-9-15-21/h4-9,12-15,18-19,22-23,25-26,29H,10-11,16-17H2,1-3H3,(H,27,28). The first kappa shape index (κ1) is 23.5.